The molecule has 0 saturated heterocycles. The van der Waals surface area contributed by atoms with Crippen LogP contribution in [0, 0.1) is 11.3 Å². The molecule has 0 spiro atoms. The van der Waals surface area contributed by atoms with Crippen LogP contribution in [0.25, 0.3) is 11.0 Å². The fourth-order valence-electron chi connectivity index (χ4n) is 2.17. The van der Waals surface area contributed by atoms with Gasteiger partial charge in [-0.15, -0.1) is 0 Å². The Kier molecular flexibility index (Phi) is 6.19. The van der Waals surface area contributed by atoms with E-state index in [1.54, 1.807) is 12.3 Å². The molecule has 6 heteroatoms. The Morgan fingerprint density at radius 1 is 1.32 bits per heavy atom. The van der Waals surface area contributed by atoms with Gasteiger partial charge in [0.05, 0.1) is 6.20 Å². The number of nitriles is 1. The second-order valence-corrected chi connectivity index (χ2v) is 4.74. The summed E-state index contributed by atoms with van der Waals surface area (Å²) in [4.78, 5) is 4.27. The molecule has 0 radical (unpaired) electrons. The van der Waals surface area contributed by atoms with Crippen LogP contribution >= 0.6 is 0 Å². The zero-order chi connectivity index (χ0) is 15.8. The van der Waals surface area contributed by atoms with Crippen molar-refractivity contribution in [3.63, 3.8) is 0 Å². The Balaban J connectivity index is 1.82. The molecule has 0 aromatic carbocycles. The number of nitrogens with zero attached hydrogens (tertiary/aromatic N) is 2. The molecule has 2 aromatic rings. The molecule has 118 valence electrons. The average molecular weight is 303 g/mol. The van der Waals surface area contributed by atoms with Crippen molar-refractivity contribution in [1.29, 1.82) is 5.26 Å². The van der Waals surface area contributed by atoms with Gasteiger partial charge in [-0.25, -0.2) is 4.98 Å². The highest BCUT2D eigenvalue weighted by Gasteiger charge is 2.08. The van der Waals surface area contributed by atoms with Crippen molar-refractivity contribution >= 4 is 16.8 Å². The van der Waals surface area contributed by atoms with E-state index in [0.717, 1.165) is 30.6 Å². The number of nitrogens with one attached hydrogen (secondary N) is 1. The highest BCUT2D eigenvalue weighted by molar-refractivity contribution is 5.80. The maximum Gasteiger partial charge on any atom is 0.204 e. The van der Waals surface area contributed by atoms with E-state index >= 15 is 0 Å². The summed E-state index contributed by atoms with van der Waals surface area (Å²) in [5.74, 6) is 1.06. The molecule has 22 heavy (non-hydrogen) atoms. The van der Waals surface area contributed by atoms with Crippen LogP contribution in [0.15, 0.2) is 22.7 Å². The van der Waals surface area contributed by atoms with Gasteiger partial charge >= 0.3 is 0 Å². The molecule has 0 unspecified atom stereocenters. The molecule has 6 nitrogen and oxygen atoms in total. The molecular weight excluding hydrogens is 282 g/mol. The minimum atomic E-state index is -0.140. The number of fused-ring (bicyclic) bond motifs is 1. The molecule has 0 aliphatic carbocycles. The van der Waals surface area contributed by atoms with Gasteiger partial charge in [0, 0.05) is 37.6 Å². The smallest absolute Gasteiger partial charge is 0.204 e. The van der Waals surface area contributed by atoms with E-state index in [1.165, 1.54) is 0 Å². The second kappa shape index (κ2) is 8.37. The molecule has 0 fully saturated rings. The molecule has 0 atom stereocenters. The lowest BCUT2D eigenvalue weighted by Gasteiger charge is -2.16. The summed E-state index contributed by atoms with van der Waals surface area (Å²) in [6, 6.07) is 5.57. The van der Waals surface area contributed by atoms with Gasteiger partial charge < -0.3 is 19.2 Å². The first-order valence-electron chi connectivity index (χ1n) is 7.53. The predicted octanol–water partition coefficient (Wildman–Crippen LogP) is 3.29. The number of ether oxygens (including phenoxy) is 2. The summed E-state index contributed by atoms with van der Waals surface area (Å²) in [7, 11) is 0. The molecule has 2 heterocycles. The van der Waals surface area contributed by atoms with Crippen LogP contribution in [-0.4, -0.2) is 31.0 Å². The molecule has 0 saturated carbocycles. The van der Waals surface area contributed by atoms with Gasteiger partial charge in [-0.05, 0) is 26.3 Å². The highest BCUT2D eigenvalue weighted by atomic mass is 16.7. The van der Waals surface area contributed by atoms with E-state index in [1.807, 2.05) is 26.0 Å². The van der Waals surface area contributed by atoms with Crippen LogP contribution in [0.4, 0.5) is 5.82 Å². The number of furan rings is 1. The first-order chi connectivity index (χ1) is 10.8. The van der Waals surface area contributed by atoms with E-state index in [2.05, 4.69) is 10.3 Å². The first-order valence-corrected chi connectivity index (χ1v) is 7.53. The first kappa shape index (κ1) is 16.3. The lowest BCUT2D eigenvalue weighted by molar-refractivity contribution is -0.139. The van der Waals surface area contributed by atoms with Crippen molar-refractivity contribution in [2.75, 3.05) is 25.1 Å². The van der Waals surface area contributed by atoms with Gasteiger partial charge in [0.25, 0.3) is 0 Å². The second-order valence-electron chi connectivity index (χ2n) is 4.74. The molecule has 1 N–H and O–H groups in total. The third-order valence-electron chi connectivity index (χ3n) is 3.14. The molecule has 2 aromatic heterocycles. The summed E-state index contributed by atoms with van der Waals surface area (Å²) in [5.41, 5.74) is 0.620. The zero-order valence-corrected chi connectivity index (χ0v) is 13.0. The van der Waals surface area contributed by atoms with Crippen LogP contribution in [0.1, 0.15) is 32.4 Å². The molecule has 0 bridgehead atoms. The van der Waals surface area contributed by atoms with Crippen LogP contribution in [0.5, 0.6) is 0 Å². The van der Waals surface area contributed by atoms with Gasteiger partial charge in [0.1, 0.15) is 11.9 Å². The van der Waals surface area contributed by atoms with Crippen LogP contribution < -0.4 is 5.32 Å². The molecular formula is C16H21N3O3. The number of hydrogen-bond acceptors (Lipinski definition) is 6. The Morgan fingerprint density at radius 2 is 2.09 bits per heavy atom. The van der Waals surface area contributed by atoms with Gasteiger partial charge in [-0.3, -0.25) is 0 Å². The molecule has 0 amide bonds. The van der Waals surface area contributed by atoms with Crippen molar-refractivity contribution < 1.29 is 13.9 Å². The summed E-state index contributed by atoms with van der Waals surface area (Å²) < 4.78 is 16.3. The Morgan fingerprint density at radius 3 is 2.77 bits per heavy atom. The van der Waals surface area contributed by atoms with Gasteiger partial charge in [0.2, 0.25) is 5.76 Å². The molecule has 2 rings (SSSR count). The summed E-state index contributed by atoms with van der Waals surface area (Å²) in [5, 5.41) is 12.9. The van der Waals surface area contributed by atoms with E-state index in [-0.39, 0.29) is 6.29 Å². The van der Waals surface area contributed by atoms with Crippen LogP contribution in [-0.2, 0) is 9.47 Å². The normalized spacial score (nSPS) is 11.0. The van der Waals surface area contributed by atoms with Crippen molar-refractivity contribution in [3.05, 3.63) is 24.1 Å². The highest BCUT2D eigenvalue weighted by Crippen LogP contribution is 2.20. The topological polar surface area (TPSA) is 80.3 Å². The maximum absolute atomic E-state index is 8.82. The summed E-state index contributed by atoms with van der Waals surface area (Å²) in [6.45, 7) is 6.00. The Hall–Kier alpha value is -2.10. The lowest BCUT2D eigenvalue weighted by Crippen LogP contribution is -2.18. The number of rotatable bonds is 9. The third kappa shape index (κ3) is 4.45. The van der Waals surface area contributed by atoms with Crippen molar-refractivity contribution in [3.8, 4) is 6.07 Å². The van der Waals surface area contributed by atoms with E-state index in [9.17, 15) is 0 Å². The summed E-state index contributed by atoms with van der Waals surface area (Å²) in [6.07, 6.45) is 3.24. The van der Waals surface area contributed by atoms with Crippen LogP contribution in [0.2, 0.25) is 0 Å². The minimum absolute atomic E-state index is 0.140. The van der Waals surface area contributed by atoms with Crippen molar-refractivity contribution in [1.82, 2.24) is 4.98 Å². The largest absolute Gasteiger partial charge is 0.444 e. The average Bonchev–Trinajstić information content (AvgIpc) is 2.94. The van der Waals surface area contributed by atoms with Gasteiger partial charge in [-0.2, -0.15) is 5.26 Å². The third-order valence-corrected chi connectivity index (χ3v) is 3.14. The predicted molar refractivity (Wildman–Crippen MR) is 83.5 cm³/mol. The number of aromatic nitrogens is 1. The molecule has 0 aliphatic heterocycles. The summed E-state index contributed by atoms with van der Waals surface area (Å²) >= 11 is 0. The Bertz CT molecular complexity index is 627. The van der Waals surface area contributed by atoms with Crippen molar-refractivity contribution in [2.45, 2.75) is 33.0 Å². The number of pyridine rings is 1. The van der Waals surface area contributed by atoms with Gasteiger partial charge in [0.15, 0.2) is 11.9 Å². The number of anilines is 1. The fourth-order valence-corrected chi connectivity index (χ4v) is 2.17. The molecule has 0 aliphatic rings. The van der Waals surface area contributed by atoms with Crippen LogP contribution in [0.3, 0.4) is 0 Å². The monoisotopic (exact) mass is 303 g/mol. The minimum Gasteiger partial charge on any atom is -0.444 e. The van der Waals surface area contributed by atoms with E-state index in [0.29, 0.717) is 24.6 Å². The SMILES string of the molecule is CCOC(CCCNc1cc2cc(C#N)oc2cn1)OCC. The lowest BCUT2D eigenvalue weighted by atomic mass is 10.3. The Labute approximate surface area is 130 Å². The van der Waals surface area contributed by atoms with E-state index in [4.69, 9.17) is 19.2 Å². The standard InChI is InChI=1S/C16H21N3O3/c1-3-20-16(21-4-2)6-5-7-18-15-9-12-8-13(10-17)22-14(12)11-19-15/h8-9,11,16H,3-7H2,1-2H3,(H,18,19). The maximum atomic E-state index is 8.82. The van der Waals surface area contributed by atoms with Crippen molar-refractivity contribution in [2.24, 2.45) is 0 Å². The fraction of sp³-hybridized carbons (Fsp3) is 0.500. The number of hydrogen-bond donors (Lipinski definition) is 1. The zero-order valence-electron chi connectivity index (χ0n) is 13.0. The quantitative estimate of drug-likeness (QED) is 0.565. The van der Waals surface area contributed by atoms with Gasteiger partial charge in [-0.1, -0.05) is 0 Å². The van der Waals surface area contributed by atoms with E-state index < -0.39 is 0 Å².